The van der Waals surface area contributed by atoms with E-state index >= 15 is 0 Å². The molecule has 0 aliphatic carbocycles. The van der Waals surface area contributed by atoms with Crippen molar-refractivity contribution >= 4 is 22.5 Å². The first-order chi connectivity index (χ1) is 9.74. The van der Waals surface area contributed by atoms with Gasteiger partial charge in [0.15, 0.2) is 0 Å². The van der Waals surface area contributed by atoms with Gasteiger partial charge in [-0.05, 0) is 24.3 Å². The smallest absolute Gasteiger partial charge is 0.257 e. The molecule has 0 atom stereocenters. The Morgan fingerprint density at radius 3 is 2.65 bits per heavy atom. The van der Waals surface area contributed by atoms with Crippen LogP contribution in [0.5, 0.6) is 0 Å². The monoisotopic (exact) mass is 266 g/mol. The Balaban J connectivity index is 1.91. The third-order valence-electron chi connectivity index (χ3n) is 2.97. The van der Waals surface area contributed by atoms with Gasteiger partial charge in [0, 0.05) is 11.6 Å². The zero-order chi connectivity index (χ0) is 13.9. The summed E-state index contributed by atoms with van der Waals surface area (Å²) in [4.78, 5) is 16.3. The summed E-state index contributed by atoms with van der Waals surface area (Å²) in [5.74, 6) is -0.844. The second-order valence-electron chi connectivity index (χ2n) is 4.35. The van der Waals surface area contributed by atoms with Crippen molar-refractivity contribution < 1.29 is 9.18 Å². The first-order valence-corrected chi connectivity index (χ1v) is 6.15. The molecule has 4 heteroatoms. The van der Waals surface area contributed by atoms with Crippen molar-refractivity contribution in [2.75, 3.05) is 5.32 Å². The molecule has 98 valence electrons. The molecule has 0 aliphatic rings. The van der Waals surface area contributed by atoms with Gasteiger partial charge in [0.2, 0.25) is 0 Å². The Labute approximate surface area is 115 Å². The highest BCUT2D eigenvalue weighted by atomic mass is 19.1. The van der Waals surface area contributed by atoms with Crippen LogP contribution in [0.1, 0.15) is 10.4 Å². The SMILES string of the molecule is O=C(Nc1ccccc1F)c1cnc2ccccc2c1. The third-order valence-corrected chi connectivity index (χ3v) is 2.97. The van der Waals surface area contributed by atoms with E-state index in [1.54, 1.807) is 18.2 Å². The molecular formula is C16H11FN2O. The van der Waals surface area contributed by atoms with E-state index in [0.29, 0.717) is 5.56 Å². The molecule has 0 aliphatic heterocycles. The topological polar surface area (TPSA) is 42.0 Å². The van der Waals surface area contributed by atoms with E-state index in [-0.39, 0.29) is 11.6 Å². The number of amides is 1. The number of pyridine rings is 1. The molecule has 1 aromatic heterocycles. The molecule has 0 saturated heterocycles. The quantitative estimate of drug-likeness (QED) is 0.769. The van der Waals surface area contributed by atoms with Crippen LogP contribution in [0.25, 0.3) is 10.9 Å². The number of rotatable bonds is 2. The molecular weight excluding hydrogens is 255 g/mol. The fraction of sp³-hybridized carbons (Fsp3) is 0. The number of halogens is 1. The Bertz CT molecular complexity index is 786. The van der Waals surface area contributed by atoms with Crippen LogP contribution < -0.4 is 5.32 Å². The van der Waals surface area contributed by atoms with E-state index in [1.165, 1.54) is 18.3 Å². The number of hydrogen-bond donors (Lipinski definition) is 1. The fourth-order valence-corrected chi connectivity index (χ4v) is 1.95. The highest BCUT2D eigenvalue weighted by Gasteiger charge is 2.09. The van der Waals surface area contributed by atoms with E-state index in [1.807, 2.05) is 24.3 Å². The summed E-state index contributed by atoms with van der Waals surface area (Å²) in [6.07, 6.45) is 1.48. The van der Waals surface area contributed by atoms with Crippen molar-refractivity contribution in [3.05, 3.63) is 72.2 Å². The van der Waals surface area contributed by atoms with Crippen molar-refractivity contribution in [3.8, 4) is 0 Å². The van der Waals surface area contributed by atoms with Gasteiger partial charge in [0.25, 0.3) is 5.91 Å². The maximum atomic E-state index is 13.5. The maximum absolute atomic E-state index is 13.5. The Kier molecular flexibility index (Phi) is 3.13. The van der Waals surface area contributed by atoms with Crippen molar-refractivity contribution in [2.45, 2.75) is 0 Å². The lowest BCUT2D eigenvalue weighted by atomic mass is 10.1. The molecule has 0 radical (unpaired) electrons. The van der Waals surface area contributed by atoms with Gasteiger partial charge in [0.1, 0.15) is 5.82 Å². The molecule has 3 aromatic rings. The lowest BCUT2D eigenvalue weighted by molar-refractivity contribution is 0.102. The number of nitrogens with zero attached hydrogens (tertiary/aromatic N) is 1. The highest BCUT2D eigenvalue weighted by molar-refractivity contribution is 6.05. The Hall–Kier alpha value is -2.75. The molecule has 0 bridgehead atoms. The summed E-state index contributed by atoms with van der Waals surface area (Å²) < 4.78 is 13.5. The van der Waals surface area contributed by atoms with Crippen LogP contribution in [-0.2, 0) is 0 Å². The number of nitrogens with one attached hydrogen (secondary N) is 1. The largest absolute Gasteiger partial charge is 0.319 e. The first kappa shape index (κ1) is 12.3. The van der Waals surface area contributed by atoms with Crippen molar-refractivity contribution in [2.24, 2.45) is 0 Å². The van der Waals surface area contributed by atoms with Gasteiger partial charge in [-0.3, -0.25) is 9.78 Å². The van der Waals surface area contributed by atoms with E-state index in [0.717, 1.165) is 10.9 Å². The molecule has 1 heterocycles. The van der Waals surface area contributed by atoms with Crippen LogP contribution in [0.2, 0.25) is 0 Å². The number of hydrogen-bond acceptors (Lipinski definition) is 2. The summed E-state index contributed by atoms with van der Waals surface area (Å²) in [6, 6.07) is 15.3. The van der Waals surface area contributed by atoms with Crippen LogP contribution in [0.4, 0.5) is 10.1 Å². The molecule has 1 amide bonds. The lowest BCUT2D eigenvalue weighted by Crippen LogP contribution is -2.13. The van der Waals surface area contributed by atoms with Crippen LogP contribution in [0.15, 0.2) is 60.8 Å². The van der Waals surface area contributed by atoms with Crippen LogP contribution >= 0.6 is 0 Å². The molecule has 0 fully saturated rings. The normalized spacial score (nSPS) is 10.4. The predicted molar refractivity (Wildman–Crippen MR) is 76.1 cm³/mol. The van der Waals surface area contributed by atoms with Crippen LogP contribution in [0.3, 0.4) is 0 Å². The first-order valence-electron chi connectivity index (χ1n) is 6.15. The minimum Gasteiger partial charge on any atom is -0.319 e. The van der Waals surface area contributed by atoms with Gasteiger partial charge >= 0.3 is 0 Å². The van der Waals surface area contributed by atoms with E-state index < -0.39 is 5.82 Å². The van der Waals surface area contributed by atoms with Gasteiger partial charge in [-0.1, -0.05) is 30.3 Å². The number of carbonyl (C=O) groups excluding carboxylic acids is 1. The zero-order valence-corrected chi connectivity index (χ0v) is 10.5. The number of anilines is 1. The third kappa shape index (κ3) is 2.36. The summed E-state index contributed by atoms with van der Waals surface area (Å²) in [7, 11) is 0. The van der Waals surface area contributed by atoms with Crippen molar-refractivity contribution in [1.29, 1.82) is 0 Å². The second-order valence-corrected chi connectivity index (χ2v) is 4.35. The van der Waals surface area contributed by atoms with Crippen LogP contribution in [0, 0.1) is 5.82 Å². The van der Waals surface area contributed by atoms with E-state index in [9.17, 15) is 9.18 Å². The number of benzene rings is 2. The number of fused-ring (bicyclic) bond motifs is 1. The Morgan fingerprint density at radius 1 is 1.05 bits per heavy atom. The minimum absolute atomic E-state index is 0.158. The molecule has 20 heavy (non-hydrogen) atoms. The summed E-state index contributed by atoms with van der Waals surface area (Å²) >= 11 is 0. The zero-order valence-electron chi connectivity index (χ0n) is 10.5. The molecule has 3 rings (SSSR count). The number of carbonyl (C=O) groups is 1. The van der Waals surface area contributed by atoms with E-state index in [2.05, 4.69) is 10.3 Å². The van der Waals surface area contributed by atoms with E-state index in [4.69, 9.17) is 0 Å². The van der Waals surface area contributed by atoms with Gasteiger partial charge in [0.05, 0.1) is 16.8 Å². The molecule has 0 saturated carbocycles. The van der Waals surface area contributed by atoms with Gasteiger partial charge in [-0.15, -0.1) is 0 Å². The molecule has 3 nitrogen and oxygen atoms in total. The average molecular weight is 266 g/mol. The van der Waals surface area contributed by atoms with Crippen molar-refractivity contribution in [1.82, 2.24) is 4.98 Å². The minimum atomic E-state index is -0.463. The predicted octanol–water partition coefficient (Wildman–Crippen LogP) is 3.63. The standard InChI is InChI=1S/C16H11FN2O/c17-13-6-2-4-8-15(13)19-16(20)12-9-11-5-1-3-7-14(11)18-10-12/h1-10H,(H,19,20). The maximum Gasteiger partial charge on any atom is 0.257 e. The lowest BCUT2D eigenvalue weighted by Gasteiger charge is -2.06. The average Bonchev–Trinajstić information content (AvgIpc) is 2.49. The fourth-order valence-electron chi connectivity index (χ4n) is 1.95. The number of para-hydroxylation sites is 2. The van der Waals surface area contributed by atoms with Gasteiger partial charge in [-0.2, -0.15) is 0 Å². The molecule has 1 N–H and O–H groups in total. The van der Waals surface area contributed by atoms with Crippen molar-refractivity contribution in [3.63, 3.8) is 0 Å². The molecule has 0 unspecified atom stereocenters. The van der Waals surface area contributed by atoms with Gasteiger partial charge < -0.3 is 5.32 Å². The molecule has 0 spiro atoms. The molecule has 2 aromatic carbocycles. The Morgan fingerprint density at radius 2 is 1.80 bits per heavy atom. The highest BCUT2D eigenvalue weighted by Crippen LogP contribution is 2.16. The summed E-state index contributed by atoms with van der Waals surface area (Å²) in [6.45, 7) is 0. The van der Waals surface area contributed by atoms with Crippen LogP contribution in [-0.4, -0.2) is 10.9 Å². The summed E-state index contributed by atoms with van der Waals surface area (Å²) in [5, 5.41) is 3.41. The summed E-state index contributed by atoms with van der Waals surface area (Å²) in [5.41, 5.74) is 1.37. The van der Waals surface area contributed by atoms with Gasteiger partial charge in [-0.25, -0.2) is 4.39 Å². The second kappa shape index (κ2) is 5.09. The number of aromatic nitrogens is 1.